The maximum atomic E-state index is 12.0. The summed E-state index contributed by atoms with van der Waals surface area (Å²) in [5.74, 6) is -0.179. The second-order valence-corrected chi connectivity index (χ2v) is 4.64. The molecule has 0 bridgehead atoms. The van der Waals surface area contributed by atoms with Gasteiger partial charge < -0.3 is 14.8 Å². The molecule has 0 spiro atoms. The molecule has 0 aliphatic heterocycles. The number of hydrogen-bond donors (Lipinski definition) is 2. The van der Waals surface area contributed by atoms with E-state index in [2.05, 4.69) is 5.32 Å². The number of aryl methyl sites for hydroxylation is 1. The third-order valence-corrected chi connectivity index (χ3v) is 3.13. The number of amides is 1. The standard InChI is InChI=1S/C16H17NO4/c1-2-13-7-8-14(21-13)16(20)17-10-12-6-4-3-5-11(12)9-15(18)19/h3-8H,2,9-10H2,1H3,(H,17,20)(H,18,19). The first-order chi connectivity index (χ1) is 10.1. The summed E-state index contributed by atoms with van der Waals surface area (Å²) in [5, 5.41) is 11.6. The summed E-state index contributed by atoms with van der Waals surface area (Å²) in [7, 11) is 0. The number of carboxylic acids is 1. The molecular formula is C16H17NO4. The molecule has 0 radical (unpaired) electrons. The zero-order valence-electron chi connectivity index (χ0n) is 11.8. The molecule has 0 atom stereocenters. The molecule has 0 saturated carbocycles. The van der Waals surface area contributed by atoms with Gasteiger partial charge in [-0.25, -0.2) is 0 Å². The Hall–Kier alpha value is -2.56. The second-order valence-electron chi connectivity index (χ2n) is 4.64. The topological polar surface area (TPSA) is 79.5 Å². The van der Waals surface area contributed by atoms with E-state index >= 15 is 0 Å². The number of aliphatic carboxylic acids is 1. The van der Waals surface area contributed by atoms with E-state index in [-0.39, 0.29) is 24.6 Å². The molecule has 2 N–H and O–H groups in total. The smallest absolute Gasteiger partial charge is 0.307 e. The first kappa shape index (κ1) is 14.8. The Morgan fingerprint density at radius 2 is 1.86 bits per heavy atom. The van der Waals surface area contributed by atoms with Gasteiger partial charge in [-0.1, -0.05) is 31.2 Å². The Balaban J connectivity index is 2.02. The molecule has 2 rings (SSSR count). The van der Waals surface area contributed by atoms with E-state index in [1.807, 2.05) is 13.0 Å². The van der Waals surface area contributed by atoms with Gasteiger partial charge in [-0.2, -0.15) is 0 Å². The van der Waals surface area contributed by atoms with Crippen LogP contribution in [0.5, 0.6) is 0 Å². The molecule has 1 heterocycles. The summed E-state index contributed by atoms with van der Waals surface area (Å²) < 4.78 is 5.37. The van der Waals surface area contributed by atoms with Gasteiger partial charge >= 0.3 is 5.97 Å². The first-order valence-corrected chi connectivity index (χ1v) is 6.75. The minimum absolute atomic E-state index is 0.0627. The highest BCUT2D eigenvalue weighted by atomic mass is 16.4. The molecule has 2 aromatic rings. The van der Waals surface area contributed by atoms with Crippen molar-refractivity contribution in [2.24, 2.45) is 0 Å². The summed E-state index contributed by atoms with van der Waals surface area (Å²) in [4.78, 5) is 22.8. The number of nitrogens with one attached hydrogen (secondary N) is 1. The normalized spacial score (nSPS) is 10.3. The number of rotatable bonds is 6. The van der Waals surface area contributed by atoms with Crippen LogP contribution in [-0.2, 0) is 24.2 Å². The fourth-order valence-electron chi connectivity index (χ4n) is 2.02. The van der Waals surface area contributed by atoms with Crippen molar-refractivity contribution in [2.75, 3.05) is 0 Å². The van der Waals surface area contributed by atoms with E-state index in [0.717, 1.165) is 17.7 Å². The molecule has 0 saturated heterocycles. The summed E-state index contributed by atoms with van der Waals surface area (Å²) in [6.07, 6.45) is 0.668. The van der Waals surface area contributed by atoms with Crippen molar-refractivity contribution in [3.63, 3.8) is 0 Å². The Kier molecular flexibility index (Phi) is 4.77. The van der Waals surface area contributed by atoms with Gasteiger partial charge in [-0.05, 0) is 23.3 Å². The van der Waals surface area contributed by atoms with Crippen LogP contribution in [0.2, 0.25) is 0 Å². The second kappa shape index (κ2) is 6.74. The van der Waals surface area contributed by atoms with Crippen molar-refractivity contribution < 1.29 is 19.1 Å². The number of furan rings is 1. The van der Waals surface area contributed by atoms with Gasteiger partial charge in [0.05, 0.1) is 6.42 Å². The van der Waals surface area contributed by atoms with Gasteiger partial charge in [-0.15, -0.1) is 0 Å². The third kappa shape index (κ3) is 3.95. The third-order valence-electron chi connectivity index (χ3n) is 3.13. The predicted molar refractivity (Wildman–Crippen MR) is 77.0 cm³/mol. The number of carbonyl (C=O) groups is 2. The largest absolute Gasteiger partial charge is 0.481 e. The molecule has 0 fully saturated rings. The van der Waals surface area contributed by atoms with Crippen LogP contribution < -0.4 is 5.32 Å². The van der Waals surface area contributed by atoms with Crippen LogP contribution in [0.25, 0.3) is 0 Å². The lowest BCUT2D eigenvalue weighted by Gasteiger charge is -2.08. The van der Waals surface area contributed by atoms with Gasteiger partial charge in [0.25, 0.3) is 5.91 Å². The van der Waals surface area contributed by atoms with Crippen LogP contribution in [0, 0.1) is 0 Å². The molecule has 1 aromatic heterocycles. The van der Waals surface area contributed by atoms with E-state index in [4.69, 9.17) is 9.52 Å². The summed E-state index contributed by atoms with van der Waals surface area (Å²) in [5.41, 5.74) is 1.48. The van der Waals surface area contributed by atoms with Gasteiger partial charge in [0.15, 0.2) is 5.76 Å². The first-order valence-electron chi connectivity index (χ1n) is 6.75. The van der Waals surface area contributed by atoms with E-state index in [1.54, 1.807) is 30.3 Å². The Morgan fingerprint density at radius 3 is 2.48 bits per heavy atom. The average molecular weight is 287 g/mol. The molecule has 5 nitrogen and oxygen atoms in total. The molecule has 0 aliphatic carbocycles. The highest BCUT2D eigenvalue weighted by molar-refractivity contribution is 5.91. The Bertz CT molecular complexity index is 645. The van der Waals surface area contributed by atoms with E-state index in [0.29, 0.717) is 5.56 Å². The zero-order valence-corrected chi connectivity index (χ0v) is 11.8. The summed E-state index contributed by atoms with van der Waals surface area (Å²) in [6.45, 7) is 2.22. The number of carboxylic acid groups (broad SMARTS) is 1. The molecule has 0 unspecified atom stereocenters. The highest BCUT2D eigenvalue weighted by Crippen LogP contribution is 2.11. The van der Waals surface area contributed by atoms with Gasteiger partial charge in [0, 0.05) is 13.0 Å². The van der Waals surface area contributed by atoms with Crippen molar-refractivity contribution in [1.29, 1.82) is 0 Å². The van der Waals surface area contributed by atoms with Crippen molar-refractivity contribution >= 4 is 11.9 Å². The van der Waals surface area contributed by atoms with Crippen LogP contribution in [-0.4, -0.2) is 17.0 Å². The van der Waals surface area contributed by atoms with Crippen LogP contribution in [0.15, 0.2) is 40.8 Å². The lowest BCUT2D eigenvalue weighted by molar-refractivity contribution is -0.136. The minimum atomic E-state index is -0.896. The van der Waals surface area contributed by atoms with Gasteiger partial charge in [0.2, 0.25) is 0 Å². The van der Waals surface area contributed by atoms with E-state index < -0.39 is 5.97 Å². The number of carbonyl (C=O) groups excluding carboxylic acids is 1. The average Bonchev–Trinajstić information content (AvgIpc) is 2.94. The number of benzene rings is 1. The molecule has 0 aliphatic rings. The van der Waals surface area contributed by atoms with Crippen molar-refractivity contribution in [3.8, 4) is 0 Å². The summed E-state index contributed by atoms with van der Waals surface area (Å²) in [6, 6.07) is 10.6. The zero-order chi connectivity index (χ0) is 15.2. The molecular weight excluding hydrogens is 270 g/mol. The Labute approximate surface area is 122 Å². The predicted octanol–water partition coefficient (Wildman–Crippen LogP) is 2.40. The molecule has 1 amide bonds. The number of hydrogen-bond acceptors (Lipinski definition) is 3. The maximum absolute atomic E-state index is 12.0. The fraction of sp³-hybridized carbons (Fsp3) is 0.250. The molecule has 5 heteroatoms. The van der Waals surface area contributed by atoms with Crippen molar-refractivity contribution in [3.05, 3.63) is 59.0 Å². The monoisotopic (exact) mass is 287 g/mol. The molecule has 1 aromatic carbocycles. The molecule has 110 valence electrons. The lowest BCUT2D eigenvalue weighted by Crippen LogP contribution is -2.23. The maximum Gasteiger partial charge on any atom is 0.307 e. The van der Waals surface area contributed by atoms with Crippen molar-refractivity contribution in [2.45, 2.75) is 26.3 Å². The summed E-state index contributed by atoms with van der Waals surface area (Å²) >= 11 is 0. The van der Waals surface area contributed by atoms with Crippen LogP contribution in [0.1, 0.15) is 34.4 Å². The lowest BCUT2D eigenvalue weighted by atomic mass is 10.0. The van der Waals surface area contributed by atoms with Gasteiger partial charge in [-0.3, -0.25) is 9.59 Å². The SMILES string of the molecule is CCc1ccc(C(=O)NCc2ccccc2CC(=O)O)o1. The van der Waals surface area contributed by atoms with Crippen molar-refractivity contribution in [1.82, 2.24) is 5.32 Å². The quantitative estimate of drug-likeness (QED) is 0.855. The Morgan fingerprint density at radius 1 is 1.14 bits per heavy atom. The highest BCUT2D eigenvalue weighted by Gasteiger charge is 2.12. The van der Waals surface area contributed by atoms with E-state index in [9.17, 15) is 9.59 Å². The van der Waals surface area contributed by atoms with Crippen LogP contribution in [0.3, 0.4) is 0 Å². The van der Waals surface area contributed by atoms with Crippen LogP contribution >= 0.6 is 0 Å². The minimum Gasteiger partial charge on any atom is -0.481 e. The molecule has 21 heavy (non-hydrogen) atoms. The fourth-order valence-corrected chi connectivity index (χ4v) is 2.02. The van der Waals surface area contributed by atoms with Gasteiger partial charge in [0.1, 0.15) is 5.76 Å². The van der Waals surface area contributed by atoms with Crippen LogP contribution in [0.4, 0.5) is 0 Å². The van der Waals surface area contributed by atoms with E-state index in [1.165, 1.54) is 0 Å².